The monoisotopic (exact) mass is 289 g/mol. The quantitative estimate of drug-likeness (QED) is 0.920. The van der Waals surface area contributed by atoms with Crippen molar-refractivity contribution in [2.75, 3.05) is 0 Å². The Kier molecular flexibility index (Phi) is 4.49. The number of hydrogen-bond acceptors (Lipinski definition) is 4. The molecule has 0 atom stereocenters. The van der Waals surface area contributed by atoms with Gasteiger partial charge in [-0.3, -0.25) is 9.78 Å². The van der Waals surface area contributed by atoms with E-state index in [-0.39, 0.29) is 11.4 Å². The lowest BCUT2D eigenvalue weighted by molar-refractivity contribution is -0.122. The number of rotatable bonds is 5. The zero-order valence-corrected chi connectivity index (χ0v) is 12.8. The van der Waals surface area contributed by atoms with Crippen molar-refractivity contribution in [2.45, 2.75) is 39.2 Å². The highest BCUT2D eigenvalue weighted by Crippen LogP contribution is 2.21. The van der Waals surface area contributed by atoms with Gasteiger partial charge >= 0.3 is 0 Å². The van der Waals surface area contributed by atoms with Crippen LogP contribution in [0.25, 0.3) is 10.7 Å². The van der Waals surface area contributed by atoms with Crippen molar-refractivity contribution in [3.8, 4) is 10.7 Å². The largest absolute Gasteiger partial charge is 0.351 e. The van der Waals surface area contributed by atoms with Crippen LogP contribution in [0.2, 0.25) is 0 Å². The number of carbonyl (C=O) groups excluding carboxylic acids is 1. The molecule has 0 unspecified atom stereocenters. The fraction of sp³-hybridized carbons (Fsp3) is 0.400. The Morgan fingerprint density at radius 3 is 2.85 bits per heavy atom. The first kappa shape index (κ1) is 14.7. The highest BCUT2D eigenvalue weighted by atomic mass is 32.1. The van der Waals surface area contributed by atoms with Gasteiger partial charge in [-0.25, -0.2) is 4.98 Å². The second kappa shape index (κ2) is 6.13. The number of pyridine rings is 1. The van der Waals surface area contributed by atoms with Crippen LogP contribution in [-0.2, 0) is 11.2 Å². The Morgan fingerprint density at radius 1 is 1.40 bits per heavy atom. The van der Waals surface area contributed by atoms with Crippen LogP contribution in [0.5, 0.6) is 0 Å². The number of thiazole rings is 1. The summed E-state index contributed by atoms with van der Waals surface area (Å²) in [6.07, 6.45) is 2.95. The van der Waals surface area contributed by atoms with Gasteiger partial charge < -0.3 is 5.32 Å². The molecule has 0 radical (unpaired) electrons. The fourth-order valence-electron chi connectivity index (χ4n) is 1.67. The maximum Gasteiger partial charge on any atom is 0.226 e. The summed E-state index contributed by atoms with van der Waals surface area (Å²) in [6.45, 7) is 6.10. The third kappa shape index (κ3) is 3.87. The van der Waals surface area contributed by atoms with E-state index < -0.39 is 0 Å². The standard InChI is InChI=1S/C15H19N3OS/c1-4-15(2,3)18-13(19)9-11-10-20-14(17-11)12-7-5-6-8-16-12/h5-8,10H,4,9H2,1-3H3,(H,18,19). The van der Waals surface area contributed by atoms with E-state index in [1.54, 1.807) is 6.20 Å². The first-order valence-electron chi connectivity index (χ1n) is 6.67. The summed E-state index contributed by atoms with van der Waals surface area (Å²) < 4.78 is 0. The van der Waals surface area contributed by atoms with E-state index in [2.05, 4.69) is 22.2 Å². The van der Waals surface area contributed by atoms with Crippen molar-refractivity contribution < 1.29 is 4.79 Å². The van der Waals surface area contributed by atoms with E-state index in [4.69, 9.17) is 0 Å². The van der Waals surface area contributed by atoms with Crippen LogP contribution in [-0.4, -0.2) is 21.4 Å². The molecule has 4 nitrogen and oxygen atoms in total. The van der Waals surface area contributed by atoms with E-state index in [1.165, 1.54) is 11.3 Å². The van der Waals surface area contributed by atoms with Crippen molar-refractivity contribution in [2.24, 2.45) is 0 Å². The molecule has 0 aliphatic heterocycles. The van der Waals surface area contributed by atoms with Crippen LogP contribution < -0.4 is 5.32 Å². The molecule has 2 aromatic heterocycles. The Balaban J connectivity index is 2.02. The molecule has 1 N–H and O–H groups in total. The molecule has 20 heavy (non-hydrogen) atoms. The molecule has 0 aliphatic carbocycles. The normalized spacial score (nSPS) is 11.3. The van der Waals surface area contributed by atoms with Gasteiger partial charge in [0.25, 0.3) is 0 Å². The minimum atomic E-state index is -0.170. The van der Waals surface area contributed by atoms with Gasteiger partial charge in [-0.1, -0.05) is 13.0 Å². The van der Waals surface area contributed by atoms with Crippen LogP contribution in [0.1, 0.15) is 32.9 Å². The molecule has 2 heterocycles. The molecule has 2 rings (SSSR count). The summed E-state index contributed by atoms with van der Waals surface area (Å²) in [7, 11) is 0. The molecule has 1 amide bonds. The molecule has 0 spiro atoms. The summed E-state index contributed by atoms with van der Waals surface area (Å²) in [5, 5.41) is 5.78. The second-order valence-electron chi connectivity index (χ2n) is 5.32. The Hall–Kier alpha value is -1.75. The Labute approximate surface area is 123 Å². The first-order valence-corrected chi connectivity index (χ1v) is 7.55. The third-order valence-electron chi connectivity index (χ3n) is 3.14. The zero-order valence-electron chi connectivity index (χ0n) is 12.0. The van der Waals surface area contributed by atoms with E-state index >= 15 is 0 Å². The molecule has 0 fully saturated rings. The number of carbonyl (C=O) groups is 1. The zero-order chi connectivity index (χ0) is 14.6. The first-order chi connectivity index (χ1) is 9.50. The molecule has 106 valence electrons. The van der Waals surface area contributed by atoms with Gasteiger partial charge in [-0.2, -0.15) is 0 Å². The van der Waals surface area contributed by atoms with Gasteiger partial charge in [0.1, 0.15) is 5.01 Å². The number of nitrogens with one attached hydrogen (secondary N) is 1. The van der Waals surface area contributed by atoms with Crippen LogP contribution in [0.15, 0.2) is 29.8 Å². The van der Waals surface area contributed by atoms with E-state index in [1.807, 2.05) is 37.4 Å². The molecular weight excluding hydrogens is 270 g/mol. The topological polar surface area (TPSA) is 54.9 Å². The van der Waals surface area contributed by atoms with Gasteiger partial charge in [0, 0.05) is 17.1 Å². The van der Waals surface area contributed by atoms with Crippen LogP contribution in [0, 0.1) is 0 Å². The predicted octanol–water partition coefficient (Wildman–Crippen LogP) is 3.05. The number of amides is 1. The molecule has 0 bridgehead atoms. The van der Waals surface area contributed by atoms with Crippen LogP contribution in [0.4, 0.5) is 0 Å². The highest BCUT2D eigenvalue weighted by molar-refractivity contribution is 7.13. The number of hydrogen-bond donors (Lipinski definition) is 1. The molecule has 0 saturated heterocycles. The maximum atomic E-state index is 12.0. The lowest BCUT2D eigenvalue weighted by atomic mass is 10.0. The predicted molar refractivity (Wildman–Crippen MR) is 81.6 cm³/mol. The molecule has 0 saturated carbocycles. The minimum absolute atomic E-state index is 0.00900. The van der Waals surface area contributed by atoms with Crippen molar-refractivity contribution in [1.29, 1.82) is 0 Å². The van der Waals surface area contributed by atoms with E-state index in [0.29, 0.717) is 6.42 Å². The molecular formula is C15H19N3OS. The molecule has 5 heteroatoms. The minimum Gasteiger partial charge on any atom is -0.351 e. The average Bonchev–Trinajstić information content (AvgIpc) is 2.87. The van der Waals surface area contributed by atoms with Crippen molar-refractivity contribution in [3.05, 3.63) is 35.5 Å². The lowest BCUT2D eigenvalue weighted by Gasteiger charge is -2.24. The van der Waals surface area contributed by atoms with Gasteiger partial charge in [0.15, 0.2) is 0 Å². The van der Waals surface area contributed by atoms with Crippen molar-refractivity contribution in [1.82, 2.24) is 15.3 Å². The van der Waals surface area contributed by atoms with Gasteiger partial charge in [-0.15, -0.1) is 11.3 Å². The Bertz CT molecular complexity index is 578. The summed E-state index contributed by atoms with van der Waals surface area (Å²) >= 11 is 1.51. The summed E-state index contributed by atoms with van der Waals surface area (Å²) in [6, 6.07) is 5.72. The highest BCUT2D eigenvalue weighted by Gasteiger charge is 2.18. The lowest BCUT2D eigenvalue weighted by Crippen LogP contribution is -2.43. The average molecular weight is 289 g/mol. The van der Waals surface area contributed by atoms with Gasteiger partial charge in [-0.05, 0) is 32.4 Å². The molecule has 2 aromatic rings. The Morgan fingerprint density at radius 2 is 2.20 bits per heavy atom. The summed E-state index contributed by atoms with van der Waals surface area (Å²) in [4.78, 5) is 20.7. The van der Waals surface area contributed by atoms with E-state index in [9.17, 15) is 4.79 Å². The number of aromatic nitrogens is 2. The molecule has 0 aliphatic rings. The van der Waals surface area contributed by atoms with Crippen molar-refractivity contribution in [3.63, 3.8) is 0 Å². The van der Waals surface area contributed by atoms with Gasteiger partial charge in [0.2, 0.25) is 5.91 Å². The fourth-order valence-corrected chi connectivity index (χ4v) is 2.46. The second-order valence-corrected chi connectivity index (χ2v) is 6.18. The smallest absolute Gasteiger partial charge is 0.226 e. The van der Waals surface area contributed by atoms with Crippen LogP contribution in [0.3, 0.4) is 0 Å². The SMILES string of the molecule is CCC(C)(C)NC(=O)Cc1csc(-c2ccccn2)n1. The number of nitrogens with zero attached hydrogens (tertiary/aromatic N) is 2. The third-order valence-corrected chi connectivity index (χ3v) is 4.05. The van der Waals surface area contributed by atoms with E-state index in [0.717, 1.165) is 22.8 Å². The van der Waals surface area contributed by atoms with Crippen molar-refractivity contribution >= 4 is 17.2 Å². The summed E-state index contributed by atoms with van der Waals surface area (Å²) in [5.41, 5.74) is 1.47. The molecule has 0 aromatic carbocycles. The summed E-state index contributed by atoms with van der Waals surface area (Å²) in [5.74, 6) is 0.00900. The maximum absolute atomic E-state index is 12.0. The van der Waals surface area contributed by atoms with Gasteiger partial charge in [0.05, 0.1) is 17.8 Å². The van der Waals surface area contributed by atoms with Crippen LogP contribution >= 0.6 is 11.3 Å².